The summed E-state index contributed by atoms with van der Waals surface area (Å²) in [6.45, 7) is 6.40. The number of hydrogen-bond acceptors (Lipinski definition) is 4. The van der Waals surface area contributed by atoms with Crippen molar-refractivity contribution in [2.24, 2.45) is 7.05 Å². The number of carbonyl (C=O) groups is 1. The minimum atomic E-state index is -0.740. The first-order valence-corrected chi connectivity index (χ1v) is 9.30. The maximum atomic E-state index is 13.3. The van der Waals surface area contributed by atoms with Crippen molar-refractivity contribution in [1.82, 2.24) is 9.47 Å². The Balaban J connectivity index is 1.84. The van der Waals surface area contributed by atoms with Crippen molar-refractivity contribution < 1.29 is 9.53 Å². The number of rotatable bonds is 3. The Morgan fingerprint density at radius 3 is 2.52 bits per heavy atom. The molecule has 0 unspecified atom stereocenters. The maximum Gasteiger partial charge on any atom is 0.198 e. The molecule has 0 N–H and O–H groups in total. The van der Waals surface area contributed by atoms with Gasteiger partial charge in [0.15, 0.2) is 11.2 Å². The van der Waals surface area contributed by atoms with Gasteiger partial charge in [-0.05, 0) is 43.5 Å². The molecule has 0 amide bonds. The third-order valence-electron chi connectivity index (χ3n) is 5.73. The monoisotopic (exact) mass is 364 g/mol. The van der Waals surface area contributed by atoms with E-state index in [9.17, 15) is 9.59 Å². The lowest BCUT2D eigenvalue weighted by Crippen LogP contribution is -2.55. The average Bonchev–Trinajstić information content (AvgIpc) is 2.69. The molecule has 0 saturated carbocycles. The molecule has 5 heteroatoms. The summed E-state index contributed by atoms with van der Waals surface area (Å²) in [5, 5.41) is 0.988. The molecule has 5 nitrogen and oxygen atoms in total. The average molecular weight is 364 g/mol. The summed E-state index contributed by atoms with van der Waals surface area (Å²) in [6, 6.07) is 13.4. The van der Waals surface area contributed by atoms with E-state index in [0.29, 0.717) is 31.9 Å². The van der Waals surface area contributed by atoms with Gasteiger partial charge in [0.05, 0.1) is 30.0 Å². The number of ketones is 1. The van der Waals surface area contributed by atoms with Crippen LogP contribution in [0, 0.1) is 0 Å². The van der Waals surface area contributed by atoms with Crippen molar-refractivity contribution in [3.05, 3.63) is 58.3 Å². The predicted octanol–water partition coefficient (Wildman–Crippen LogP) is 2.94. The van der Waals surface area contributed by atoms with Crippen LogP contribution in [0.4, 0.5) is 0 Å². The van der Waals surface area contributed by atoms with Crippen LogP contribution in [0.5, 0.6) is 0 Å². The zero-order valence-electron chi connectivity index (χ0n) is 16.0. The Morgan fingerprint density at radius 2 is 1.78 bits per heavy atom. The first kappa shape index (κ1) is 17.9. The van der Waals surface area contributed by atoms with E-state index in [0.717, 1.165) is 16.6 Å². The van der Waals surface area contributed by atoms with E-state index in [1.807, 2.05) is 61.9 Å². The van der Waals surface area contributed by atoms with E-state index in [1.165, 1.54) is 0 Å². The van der Waals surface area contributed by atoms with Crippen LogP contribution in [-0.4, -0.2) is 47.1 Å². The minimum absolute atomic E-state index is 0.132. The molecule has 2 heterocycles. The molecule has 2 aliphatic heterocycles. The van der Waals surface area contributed by atoms with Gasteiger partial charge in [0.25, 0.3) is 0 Å². The highest BCUT2D eigenvalue weighted by Crippen LogP contribution is 2.27. The fraction of sp³-hybridized carbons (Fsp3) is 0.364. The van der Waals surface area contributed by atoms with E-state index in [-0.39, 0.29) is 16.8 Å². The fourth-order valence-corrected chi connectivity index (χ4v) is 4.00. The van der Waals surface area contributed by atoms with Gasteiger partial charge in [0.1, 0.15) is 0 Å². The molecule has 1 aromatic rings. The standard InChI is InChI=1S/C22H24N2O3/c1-22(2,24-10-12-27-13-11-24)21(26)16-8-9-19-17(20(16)25)14-15-6-4-5-7-18(15)23(19)3/h4-9,14H,10-13H2,1-3H3. The number of hydrogen-bond donors (Lipinski definition) is 0. The van der Waals surface area contributed by atoms with Crippen LogP contribution in [0.1, 0.15) is 24.2 Å². The number of aromatic nitrogens is 1. The van der Waals surface area contributed by atoms with E-state index < -0.39 is 5.54 Å². The van der Waals surface area contributed by atoms with Crippen LogP contribution in [0.3, 0.4) is 0 Å². The number of para-hydroxylation sites is 1. The summed E-state index contributed by atoms with van der Waals surface area (Å²) in [6.07, 6.45) is 0. The fourth-order valence-electron chi connectivity index (χ4n) is 4.00. The van der Waals surface area contributed by atoms with E-state index in [4.69, 9.17) is 4.74 Å². The number of ether oxygens (including phenoxy) is 1. The molecule has 0 aromatic heterocycles. The number of pyridine rings is 1. The second-order valence-corrected chi connectivity index (χ2v) is 7.62. The third kappa shape index (κ3) is 2.87. The Bertz CT molecular complexity index is 1050. The van der Waals surface area contributed by atoms with Gasteiger partial charge >= 0.3 is 0 Å². The van der Waals surface area contributed by atoms with Crippen molar-refractivity contribution in [3.8, 4) is 11.3 Å². The Morgan fingerprint density at radius 1 is 1.07 bits per heavy atom. The predicted molar refractivity (Wildman–Crippen MR) is 107 cm³/mol. The number of fused-ring (bicyclic) bond motifs is 2. The van der Waals surface area contributed by atoms with Crippen LogP contribution < -0.4 is 5.43 Å². The molecule has 0 atom stereocenters. The lowest BCUT2D eigenvalue weighted by atomic mass is 9.88. The zero-order chi connectivity index (χ0) is 19.2. The number of aryl methyl sites for hydroxylation is 1. The number of Topliss-reactive ketones (excluding diaryl/α,β-unsaturated/α-hetero) is 1. The van der Waals surface area contributed by atoms with Gasteiger partial charge in [-0.1, -0.05) is 18.2 Å². The first-order chi connectivity index (χ1) is 12.9. The van der Waals surface area contributed by atoms with Gasteiger partial charge in [0, 0.05) is 31.2 Å². The zero-order valence-corrected chi connectivity index (χ0v) is 16.0. The molecule has 0 bridgehead atoms. The summed E-state index contributed by atoms with van der Waals surface area (Å²) in [5.41, 5.74) is 1.79. The van der Waals surface area contributed by atoms with Crippen LogP contribution in [0.25, 0.3) is 22.2 Å². The molecule has 0 radical (unpaired) electrons. The van der Waals surface area contributed by atoms with Gasteiger partial charge in [-0.3, -0.25) is 14.5 Å². The molecule has 0 spiro atoms. The highest BCUT2D eigenvalue weighted by Gasteiger charge is 2.37. The summed E-state index contributed by atoms with van der Waals surface area (Å²) in [7, 11) is 1.95. The van der Waals surface area contributed by atoms with Crippen LogP contribution in [0.15, 0.2) is 47.3 Å². The van der Waals surface area contributed by atoms with Gasteiger partial charge < -0.3 is 9.30 Å². The normalized spacial score (nSPS) is 16.1. The smallest absolute Gasteiger partial charge is 0.198 e. The van der Waals surface area contributed by atoms with Crippen molar-refractivity contribution in [3.63, 3.8) is 0 Å². The summed E-state index contributed by atoms with van der Waals surface area (Å²) >= 11 is 0. The van der Waals surface area contributed by atoms with E-state index in [2.05, 4.69) is 4.90 Å². The van der Waals surface area contributed by atoms with Gasteiger partial charge in [-0.15, -0.1) is 0 Å². The molecule has 1 aliphatic carbocycles. The summed E-state index contributed by atoms with van der Waals surface area (Å²) in [4.78, 5) is 28.6. The maximum absolute atomic E-state index is 13.3. The summed E-state index contributed by atoms with van der Waals surface area (Å²) < 4.78 is 7.41. The van der Waals surface area contributed by atoms with E-state index >= 15 is 0 Å². The number of benzene rings is 2. The number of morpholine rings is 1. The highest BCUT2D eigenvalue weighted by atomic mass is 16.5. The molecule has 140 valence electrons. The van der Waals surface area contributed by atoms with Gasteiger partial charge in [-0.2, -0.15) is 0 Å². The molecule has 1 saturated heterocycles. The SMILES string of the molecule is Cn1c2ccc(C(=O)C(C)(C)N3CCOCC3)c(=O)c-2cc2ccccc21. The highest BCUT2D eigenvalue weighted by molar-refractivity contribution is 6.04. The summed E-state index contributed by atoms with van der Waals surface area (Å²) in [5.74, 6) is -0.132. The van der Waals surface area contributed by atoms with Gasteiger partial charge in [0.2, 0.25) is 0 Å². The van der Waals surface area contributed by atoms with Gasteiger partial charge in [-0.25, -0.2) is 0 Å². The minimum Gasteiger partial charge on any atom is -0.379 e. The lowest BCUT2D eigenvalue weighted by Gasteiger charge is -2.39. The largest absolute Gasteiger partial charge is 0.379 e. The Labute approximate surface area is 158 Å². The molecular weight excluding hydrogens is 340 g/mol. The molecule has 1 fully saturated rings. The molecular formula is C22H24N2O3. The topological polar surface area (TPSA) is 51.5 Å². The van der Waals surface area contributed by atoms with E-state index in [1.54, 1.807) is 6.07 Å². The van der Waals surface area contributed by atoms with Crippen molar-refractivity contribution in [1.29, 1.82) is 0 Å². The quantitative estimate of drug-likeness (QED) is 0.530. The van der Waals surface area contributed by atoms with Crippen LogP contribution in [0.2, 0.25) is 0 Å². The Hall–Kier alpha value is -2.50. The van der Waals surface area contributed by atoms with Crippen molar-refractivity contribution in [2.45, 2.75) is 19.4 Å². The second kappa shape index (κ2) is 6.59. The molecule has 4 rings (SSSR count). The Kier molecular flexibility index (Phi) is 4.36. The van der Waals surface area contributed by atoms with Crippen molar-refractivity contribution >= 4 is 16.7 Å². The molecule has 3 aliphatic rings. The lowest BCUT2D eigenvalue weighted by molar-refractivity contribution is -0.00433. The second-order valence-electron chi connectivity index (χ2n) is 7.62. The van der Waals surface area contributed by atoms with Crippen LogP contribution in [-0.2, 0) is 11.8 Å². The van der Waals surface area contributed by atoms with Crippen molar-refractivity contribution in [2.75, 3.05) is 26.3 Å². The molecule has 1 aromatic carbocycles. The van der Waals surface area contributed by atoms with Crippen LogP contribution >= 0.6 is 0 Å². The first-order valence-electron chi connectivity index (χ1n) is 9.30. The molecule has 27 heavy (non-hydrogen) atoms. The third-order valence-corrected chi connectivity index (χ3v) is 5.73. The number of nitrogens with zero attached hydrogens (tertiary/aromatic N) is 2. The number of carbonyl (C=O) groups excluding carboxylic acids is 1.